The van der Waals surface area contributed by atoms with Gasteiger partial charge in [0.25, 0.3) is 5.91 Å². The average molecular weight is 445 g/mol. The Balaban J connectivity index is 2.34. The lowest BCUT2D eigenvalue weighted by Gasteiger charge is -2.17. The van der Waals surface area contributed by atoms with E-state index < -0.39 is 5.97 Å². The normalized spacial score (nSPS) is 20.5. The monoisotopic (exact) mass is 444 g/mol. The number of ether oxygens (including phenoxy) is 1. The zero-order valence-electron chi connectivity index (χ0n) is 18.9. The molecule has 0 saturated heterocycles. The van der Waals surface area contributed by atoms with E-state index in [0.29, 0.717) is 30.8 Å². The highest BCUT2D eigenvalue weighted by Gasteiger charge is 2.22. The first kappa shape index (κ1) is 25.0. The number of carbonyl (C=O) groups is 2. The molecule has 1 aromatic carbocycles. The number of rotatable bonds is 5. The van der Waals surface area contributed by atoms with Gasteiger partial charge in [-0.3, -0.25) is 4.79 Å². The number of hydrogen-bond acceptors (Lipinski definition) is 7. The van der Waals surface area contributed by atoms with Gasteiger partial charge in [-0.2, -0.15) is 0 Å². The van der Waals surface area contributed by atoms with Crippen LogP contribution in [0.3, 0.4) is 0 Å². The number of benzene rings is 1. The number of hydrogen-bond donors (Lipinski definition) is 2. The molecule has 8 heteroatoms. The van der Waals surface area contributed by atoms with Crippen LogP contribution in [0.25, 0.3) is 0 Å². The number of fused-ring (bicyclic) bond motifs is 1. The molecule has 0 aromatic heterocycles. The number of oxime groups is 1. The zero-order chi connectivity index (χ0) is 23.5. The average Bonchev–Trinajstić information content (AvgIpc) is 2.72. The van der Waals surface area contributed by atoms with Crippen LogP contribution in [0.15, 0.2) is 41.6 Å². The second kappa shape index (κ2) is 12.5. The van der Waals surface area contributed by atoms with Gasteiger partial charge in [0.05, 0.1) is 5.71 Å². The summed E-state index contributed by atoms with van der Waals surface area (Å²) in [6, 6.07) is 2.48. The van der Waals surface area contributed by atoms with Crippen LogP contribution in [-0.4, -0.2) is 58.5 Å². The molecule has 0 spiro atoms. The minimum atomic E-state index is -0.684. The minimum absolute atomic E-state index is 0.0315. The fourth-order valence-electron chi connectivity index (χ4n) is 3.31. The van der Waals surface area contributed by atoms with Crippen molar-refractivity contribution in [3.63, 3.8) is 0 Å². The van der Waals surface area contributed by atoms with E-state index in [1.165, 1.54) is 6.07 Å². The molecule has 2 N–H and O–H groups in total. The van der Waals surface area contributed by atoms with Gasteiger partial charge in [0, 0.05) is 32.0 Å². The fourth-order valence-corrected chi connectivity index (χ4v) is 3.31. The quantitative estimate of drug-likeness (QED) is 0.407. The van der Waals surface area contributed by atoms with Gasteiger partial charge < -0.3 is 24.7 Å². The predicted octanol–water partition coefficient (Wildman–Crippen LogP) is 3.72. The van der Waals surface area contributed by atoms with E-state index in [1.54, 1.807) is 17.9 Å². The Morgan fingerprint density at radius 1 is 1.19 bits per heavy atom. The maximum absolute atomic E-state index is 12.7. The summed E-state index contributed by atoms with van der Waals surface area (Å²) >= 11 is 0. The summed E-state index contributed by atoms with van der Waals surface area (Å²) in [4.78, 5) is 31.8. The number of phenolic OH excluding ortho intramolecular Hbond substituents is 2. The summed E-state index contributed by atoms with van der Waals surface area (Å²) in [5, 5.41) is 24.4. The summed E-state index contributed by atoms with van der Waals surface area (Å²) in [6.07, 6.45) is 9.49. The first-order valence-corrected chi connectivity index (χ1v) is 10.9. The van der Waals surface area contributed by atoms with E-state index in [0.717, 1.165) is 18.9 Å². The molecule has 2 rings (SSSR count). The molecule has 0 bridgehead atoms. The Kier molecular flexibility index (Phi) is 9.78. The van der Waals surface area contributed by atoms with Crippen LogP contribution in [0.4, 0.5) is 0 Å². The number of aromatic hydroxyl groups is 2. The molecule has 1 atom stereocenters. The van der Waals surface area contributed by atoms with Crippen LogP contribution >= 0.6 is 0 Å². The van der Waals surface area contributed by atoms with E-state index >= 15 is 0 Å². The second-order valence-electron chi connectivity index (χ2n) is 7.50. The van der Waals surface area contributed by atoms with Crippen molar-refractivity contribution in [3.05, 3.63) is 47.6 Å². The molecule has 0 saturated carbocycles. The molecule has 8 nitrogen and oxygen atoms in total. The maximum Gasteiger partial charge on any atom is 0.342 e. The molecule has 0 radical (unpaired) electrons. The lowest BCUT2D eigenvalue weighted by Crippen LogP contribution is -2.33. The Morgan fingerprint density at radius 2 is 1.91 bits per heavy atom. The van der Waals surface area contributed by atoms with E-state index in [1.807, 2.05) is 32.1 Å². The first-order chi connectivity index (χ1) is 15.3. The van der Waals surface area contributed by atoms with Gasteiger partial charge in [0.1, 0.15) is 23.2 Å². The smallest absolute Gasteiger partial charge is 0.342 e. The molecule has 1 aliphatic heterocycles. The Hall–Kier alpha value is -3.29. The SMILES string of the molecule is CCN(CC)C(=O)CO/N=C1\C=C\CC/C=C/C[C@@H](C)OC(=O)c2c(O)cc(O)cc2C1. The van der Waals surface area contributed by atoms with Crippen LogP contribution in [0, 0.1) is 0 Å². The van der Waals surface area contributed by atoms with Crippen LogP contribution in [0.1, 0.15) is 56.0 Å². The molecule has 1 amide bonds. The molecule has 0 aliphatic carbocycles. The van der Waals surface area contributed by atoms with Crippen molar-refractivity contribution >= 4 is 17.6 Å². The molecule has 0 fully saturated rings. The summed E-state index contributed by atoms with van der Waals surface area (Å²) < 4.78 is 5.47. The number of nitrogens with zero attached hydrogens (tertiary/aromatic N) is 2. The number of carbonyl (C=O) groups excluding carboxylic acids is 2. The summed E-state index contributed by atoms with van der Waals surface area (Å²) in [6.45, 7) is 6.50. The topological polar surface area (TPSA) is 109 Å². The van der Waals surface area contributed by atoms with E-state index in [9.17, 15) is 19.8 Å². The third-order valence-corrected chi connectivity index (χ3v) is 5.00. The second-order valence-corrected chi connectivity index (χ2v) is 7.50. The van der Waals surface area contributed by atoms with E-state index in [-0.39, 0.29) is 42.1 Å². The molecule has 32 heavy (non-hydrogen) atoms. The fraction of sp³-hybridized carbons (Fsp3) is 0.458. The molecule has 1 aromatic rings. The predicted molar refractivity (Wildman–Crippen MR) is 122 cm³/mol. The van der Waals surface area contributed by atoms with Crippen molar-refractivity contribution in [2.45, 2.75) is 52.6 Å². The molecular weight excluding hydrogens is 412 g/mol. The largest absolute Gasteiger partial charge is 0.508 e. The summed E-state index contributed by atoms with van der Waals surface area (Å²) in [7, 11) is 0. The lowest BCUT2D eigenvalue weighted by molar-refractivity contribution is -0.135. The third-order valence-electron chi connectivity index (χ3n) is 5.00. The van der Waals surface area contributed by atoms with Gasteiger partial charge in [-0.05, 0) is 51.3 Å². The number of likely N-dealkylation sites (N-methyl/N-ethyl adjacent to an activating group) is 1. The van der Waals surface area contributed by atoms with Crippen LogP contribution in [-0.2, 0) is 20.8 Å². The van der Waals surface area contributed by atoms with Crippen LogP contribution in [0.2, 0.25) is 0 Å². The number of esters is 1. The van der Waals surface area contributed by atoms with Gasteiger partial charge in [0.2, 0.25) is 0 Å². The number of phenols is 2. The van der Waals surface area contributed by atoms with Gasteiger partial charge in [0.15, 0.2) is 6.61 Å². The number of allylic oxidation sites excluding steroid dienone is 3. The lowest BCUT2D eigenvalue weighted by atomic mass is 9.99. The zero-order valence-corrected chi connectivity index (χ0v) is 18.9. The van der Waals surface area contributed by atoms with E-state index in [2.05, 4.69) is 5.16 Å². The van der Waals surface area contributed by atoms with Crippen molar-refractivity contribution in [1.29, 1.82) is 0 Å². The highest BCUT2D eigenvalue weighted by atomic mass is 16.6. The highest BCUT2D eigenvalue weighted by Crippen LogP contribution is 2.29. The van der Waals surface area contributed by atoms with Crippen LogP contribution in [0.5, 0.6) is 11.5 Å². The van der Waals surface area contributed by atoms with Gasteiger partial charge in [-0.25, -0.2) is 4.79 Å². The van der Waals surface area contributed by atoms with Crippen molar-refractivity contribution in [1.82, 2.24) is 4.90 Å². The van der Waals surface area contributed by atoms with Crippen molar-refractivity contribution < 1.29 is 29.4 Å². The molecule has 174 valence electrons. The van der Waals surface area contributed by atoms with Gasteiger partial charge in [-0.1, -0.05) is 23.4 Å². The van der Waals surface area contributed by atoms with Crippen molar-refractivity contribution in [2.24, 2.45) is 5.16 Å². The molecule has 1 aliphatic rings. The summed E-state index contributed by atoms with van der Waals surface area (Å²) in [5.41, 5.74) is 0.746. The van der Waals surface area contributed by atoms with Crippen LogP contribution < -0.4 is 0 Å². The van der Waals surface area contributed by atoms with Crippen molar-refractivity contribution in [3.8, 4) is 11.5 Å². The highest BCUT2D eigenvalue weighted by molar-refractivity contribution is 6.00. The Morgan fingerprint density at radius 3 is 2.62 bits per heavy atom. The van der Waals surface area contributed by atoms with Crippen molar-refractivity contribution in [2.75, 3.05) is 19.7 Å². The molecular formula is C24H32N2O6. The molecule has 1 heterocycles. The first-order valence-electron chi connectivity index (χ1n) is 10.9. The Labute approximate surface area is 188 Å². The van der Waals surface area contributed by atoms with Gasteiger partial charge in [-0.15, -0.1) is 0 Å². The molecule has 0 unspecified atom stereocenters. The maximum atomic E-state index is 12.7. The summed E-state index contributed by atoms with van der Waals surface area (Å²) in [5.74, 6) is -1.42. The third kappa shape index (κ3) is 7.44. The Bertz CT molecular complexity index is 887. The van der Waals surface area contributed by atoms with E-state index in [4.69, 9.17) is 9.57 Å². The number of cyclic esters (lactones) is 1. The van der Waals surface area contributed by atoms with Gasteiger partial charge >= 0.3 is 5.97 Å². The number of amides is 1. The minimum Gasteiger partial charge on any atom is -0.508 e. The standard InChI is InChI=1S/C24H32N2O6/c1-4-26(5-2)22(29)16-31-25-19-12-10-8-6-7-9-11-17(3)32-24(30)23-18(13-19)14-20(27)15-21(23)28/h7,9-10,12,14-15,17,27-28H,4-6,8,11,13,16H2,1-3H3/b9-7+,12-10+,25-19+/t17-/m1/s1.